The molecule has 0 bridgehead atoms. The first kappa shape index (κ1) is 21.3. The second-order valence-electron chi connectivity index (χ2n) is 6.96. The van der Waals surface area contributed by atoms with Gasteiger partial charge in [0.15, 0.2) is 11.5 Å². The van der Waals surface area contributed by atoms with E-state index in [0.717, 1.165) is 11.1 Å². The van der Waals surface area contributed by atoms with E-state index < -0.39 is 5.91 Å². The topological polar surface area (TPSA) is 80.6 Å². The van der Waals surface area contributed by atoms with Crippen molar-refractivity contribution in [2.45, 2.75) is 13.2 Å². The zero-order chi connectivity index (χ0) is 22.3. The highest BCUT2D eigenvalue weighted by molar-refractivity contribution is 6.31. The van der Waals surface area contributed by atoms with E-state index in [-0.39, 0.29) is 25.5 Å². The number of fused-ring (bicyclic) bond motifs is 1. The lowest BCUT2D eigenvalue weighted by atomic mass is 10.1. The van der Waals surface area contributed by atoms with Crippen molar-refractivity contribution in [1.82, 2.24) is 5.32 Å². The van der Waals surface area contributed by atoms with Gasteiger partial charge in [-0.25, -0.2) is 0 Å². The van der Waals surface area contributed by atoms with Crippen LogP contribution in [0.15, 0.2) is 72.3 Å². The second-order valence-corrected chi connectivity index (χ2v) is 7.37. The Labute approximate surface area is 190 Å². The van der Waals surface area contributed by atoms with E-state index in [1.807, 2.05) is 42.5 Å². The molecule has 0 atom stereocenters. The van der Waals surface area contributed by atoms with Crippen molar-refractivity contribution in [3.05, 3.63) is 94.0 Å². The average Bonchev–Trinajstić information content (AvgIpc) is 3.29. The van der Waals surface area contributed by atoms with E-state index in [0.29, 0.717) is 27.8 Å². The number of rotatable bonds is 7. The minimum atomic E-state index is -0.480. The molecule has 1 aliphatic heterocycles. The number of nitriles is 1. The molecule has 0 radical (unpaired) electrons. The average molecular weight is 447 g/mol. The Bertz CT molecular complexity index is 1220. The van der Waals surface area contributed by atoms with Gasteiger partial charge in [0.05, 0.1) is 0 Å². The molecule has 0 saturated carbocycles. The SMILES string of the molecule is N#C/C(=C\c1ccccc1OCc1ccccc1Cl)C(=O)NCc1ccc2c(c1)OCO2. The zero-order valence-electron chi connectivity index (χ0n) is 17.0. The summed E-state index contributed by atoms with van der Waals surface area (Å²) >= 11 is 6.19. The van der Waals surface area contributed by atoms with E-state index in [1.54, 1.807) is 30.3 Å². The van der Waals surface area contributed by atoms with Gasteiger partial charge >= 0.3 is 0 Å². The smallest absolute Gasteiger partial charge is 0.262 e. The van der Waals surface area contributed by atoms with E-state index in [9.17, 15) is 10.1 Å². The molecule has 3 aromatic rings. The number of carbonyl (C=O) groups excluding carboxylic acids is 1. The maximum Gasteiger partial charge on any atom is 0.262 e. The van der Waals surface area contributed by atoms with Gasteiger partial charge in [0, 0.05) is 22.7 Å². The number of carbonyl (C=O) groups is 1. The summed E-state index contributed by atoms with van der Waals surface area (Å²) in [6, 6.07) is 22.0. The number of nitrogens with one attached hydrogen (secondary N) is 1. The van der Waals surface area contributed by atoms with Crippen LogP contribution in [-0.2, 0) is 17.9 Å². The second kappa shape index (κ2) is 9.90. The molecule has 7 heteroatoms. The number of ether oxygens (including phenoxy) is 3. The van der Waals surface area contributed by atoms with Crippen LogP contribution in [-0.4, -0.2) is 12.7 Å². The minimum absolute atomic E-state index is 0.0282. The first-order valence-electron chi connectivity index (χ1n) is 9.88. The third-order valence-corrected chi connectivity index (χ3v) is 5.18. The Morgan fingerprint density at radius 2 is 1.88 bits per heavy atom. The summed E-state index contributed by atoms with van der Waals surface area (Å²) in [5.74, 6) is 1.37. The van der Waals surface area contributed by atoms with Crippen LogP contribution in [0, 0.1) is 11.3 Å². The molecular formula is C25H19ClN2O4. The first-order chi connectivity index (χ1) is 15.6. The van der Waals surface area contributed by atoms with Gasteiger partial charge in [-0.3, -0.25) is 4.79 Å². The Kier molecular flexibility index (Phi) is 6.59. The summed E-state index contributed by atoms with van der Waals surface area (Å²) in [6.07, 6.45) is 1.51. The lowest BCUT2D eigenvalue weighted by Gasteiger charge is -2.11. The fourth-order valence-electron chi connectivity index (χ4n) is 3.13. The molecule has 1 amide bonds. The lowest BCUT2D eigenvalue weighted by Crippen LogP contribution is -2.23. The van der Waals surface area contributed by atoms with Crippen molar-refractivity contribution >= 4 is 23.6 Å². The number of hydrogen-bond donors (Lipinski definition) is 1. The van der Waals surface area contributed by atoms with E-state index in [2.05, 4.69) is 5.32 Å². The van der Waals surface area contributed by atoms with Crippen LogP contribution in [0.2, 0.25) is 5.02 Å². The Balaban J connectivity index is 1.45. The number of benzene rings is 3. The zero-order valence-corrected chi connectivity index (χ0v) is 17.8. The predicted molar refractivity (Wildman–Crippen MR) is 120 cm³/mol. The lowest BCUT2D eigenvalue weighted by molar-refractivity contribution is -0.117. The van der Waals surface area contributed by atoms with Crippen LogP contribution in [0.5, 0.6) is 17.2 Å². The van der Waals surface area contributed by atoms with Crippen molar-refractivity contribution in [3.8, 4) is 23.3 Å². The minimum Gasteiger partial charge on any atom is -0.488 e. The van der Waals surface area contributed by atoms with Gasteiger partial charge in [0.1, 0.15) is 24.0 Å². The summed E-state index contributed by atoms with van der Waals surface area (Å²) in [7, 11) is 0. The van der Waals surface area contributed by atoms with Gasteiger partial charge < -0.3 is 19.5 Å². The maximum atomic E-state index is 12.6. The van der Waals surface area contributed by atoms with E-state index in [1.165, 1.54) is 6.08 Å². The summed E-state index contributed by atoms with van der Waals surface area (Å²) in [5.41, 5.74) is 2.27. The number of para-hydroxylation sites is 1. The Hall–Kier alpha value is -3.95. The van der Waals surface area contributed by atoms with Crippen LogP contribution in [0.3, 0.4) is 0 Å². The van der Waals surface area contributed by atoms with Gasteiger partial charge in [-0.15, -0.1) is 0 Å². The van der Waals surface area contributed by atoms with Crippen molar-refractivity contribution in [1.29, 1.82) is 5.26 Å². The summed E-state index contributed by atoms with van der Waals surface area (Å²) < 4.78 is 16.5. The highest BCUT2D eigenvalue weighted by Gasteiger charge is 2.15. The molecule has 1 heterocycles. The van der Waals surface area contributed by atoms with Gasteiger partial charge in [-0.1, -0.05) is 54.1 Å². The number of nitrogens with zero attached hydrogens (tertiary/aromatic N) is 1. The molecule has 6 nitrogen and oxygen atoms in total. The molecule has 0 aromatic heterocycles. The summed E-state index contributed by atoms with van der Waals surface area (Å²) in [4.78, 5) is 12.6. The molecule has 0 fully saturated rings. The molecule has 1 aliphatic rings. The monoisotopic (exact) mass is 446 g/mol. The highest BCUT2D eigenvalue weighted by Crippen LogP contribution is 2.32. The van der Waals surface area contributed by atoms with Crippen molar-refractivity contribution in [2.75, 3.05) is 6.79 Å². The molecule has 0 saturated heterocycles. The quantitative estimate of drug-likeness (QED) is 0.413. The largest absolute Gasteiger partial charge is 0.488 e. The van der Waals surface area contributed by atoms with Gasteiger partial charge in [0.2, 0.25) is 6.79 Å². The van der Waals surface area contributed by atoms with Crippen molar-refractivity contribution in [2.24, 2.45) is 0 Å². The number of halogens is 1. The number of amides is 1. The molecule has 4 rings (SSSR count). The standard InChI is InChI=1S/C25H19ClN2O4/c26-21-7-3-1-6-19(21)15-30-22-8-4-2-5-18(22)12-20(13-27)25(29)28-14-17-9-10-23-24(11-17)32-16-31-23/h1-12H,14-16H2,(H,28,29)/b20-12+. The first-order valence-corrected chi connectivity index (χ1v) is 10.3. The van der Waals surface area contributed by atoms with Crippen molar-refractivity contribution < 1.29 is 19.0 Å². The number of hydrogen-bond acceptors (Lipinski definition) is 5. The highest BCUT2D eigenvalue weighted by atomic mass is 35.5. The molecule has 3 aromatic carbocycles. The summed E-state index contributed by atoms with van der Waals surface area (Å²) in [6.45, 7) is 0.701. The molecule has 1 N–H and O–H groups in total. The Morgan fingerprint density at radius 1 is 1.09 bits per heavy atom. The van der Waals surface area contributed by atoms with E-state index in [4.69, 9.17) is 25.8 Å². The molecule has 0 aliphatic carbocycles. The molecular weight excluding hydrogens is 428 g/mol. The van der Waals surface area contributed by atoms with E-state index >= 15 is 0 Å². The molecule has 0 unspecified atom stereocenters. The van der Waals surface area contributed by atoms with Gasteiger partial charge in [0.25, 0.3) is 5.91 Å². The fraction of sp³-hybridized carbons (Fsp3) is 0.120. The fourth-order valence-corrected chi connectivity index (χ4v) is 3.33. The van der Waals surface area contributed by atoms with Crippen molar-refractivity contribution in [3.63, 3.8) is 0 Å². The molecule has 32 heavy (non-hydrogen) atoms. The van der Waals surface area contributed by atoms with Gasteiger partial charge in [-0.05, 0) is 35.9 Å². The Morgan fingerprint density at radius 3 is 2.72 bits per heavy atom. The normalized spacial score (nSPS) is 12.2. The van der Waals surface area contributed by atoms with Crippen LogP contribution >= 0.6 is 11.6 Å². The van der Waals surface area contributed by atoms with Crippen LogP contribution in [0.25, 0.3) is 6.08 Å². The molecule has 0 spiro atoms. The van der Waals surface area contributed by atoms with Crippen LogP contribution in [0.4, 0.5) is 0 Å². The maximum absolute atomic E-state index is 12.6. The van der Waals surface area contributed by atoms with Gasteiger partial charge in [-0.2, -0.15) is 5.26 Å². The van der Waals surface area contributed by atoms with Crippen LogP contribution < -0.4 is 19.5 Å². The summed E-state index contributed by atoms with van der Waals surface area (Å²) in [5, 5.41) is 12.9. The molecule has 160 valence electrons. The predicted octanol–water partition coefficient (Wildman–Crippen LogP) is 4.87. The third kappa shape index (κ3) is 5.02. The third-order valence-electron chi connectivity index (χ3n) is 4.81. The van der Waals surface area contributed by atoms with Crippen LogP contribution in [0.1, 0.15) is 16.7 Å².